The number of nitrogens with one attached hydrogen (secondary N) is 1. The zero-order valence-electron chi connectivity index (χ0n) is 25.3. The first-order chi connectivity index (χ1) is 21.6. The van der Waals surface area contributed by atoms with Crippen LogP contribution in [0.2, 0.25) is 0 Å². The topological polar surface area (TPSA) is 85.7 Å². The van der Waals surface area contributed by atoms with Gasteiger partial charge in [0, 0.05) is 88.3 Å². The van der Waals surface area contributed by atoms with Crippen LogP contribution < -0.4 is 10.1 Å². The second-order valence-electron chi connectivity index (χ2n) is 10.8. The molecule has 0 spiro atoms. The summed E-state index contributed by atoms with van der Waals surface area (Å²) in [5, 5.41) is 2.69. The summed E-state index contributed by atoms with van der Waals surface area (Å²) in [5.74, 6) is 0.291. The van der Waals surface area contributed by atoms with Gasteiger partial charge in [0.05, 0.1) is 11.3 Å². The zero-order valence-corrected chi connectivity index (χ0v) is 25.3. The van der Waals surface area contributed by atoms with Crippen LogP contribution in [-0.4, -0.2) is 84.5 Å². The number of carbonyl (C=O) groups is 1. The molecule has 9 nitrogen and oxygen atoms in total. The minimum atomic E-state index is -4.59. The SMILES string of the molecule is C\N=C(/N=C1/C=CN(C)/C1=C\Oc1cccc(NC(=O)c2ccc(CN3CCN(C)CC3)c(C(F)(F)F)c2)c1)c1ccncc1. The van der Waals surface area contributed by atoms with Gasteiger partial charge < -0.3 is 19.9 Å². The van der Waals surface area contributed by atoms with Crippen LogP contribution in [0.3, 0.4) is 0 Å². The maximum Gasteiger partial charge on any atom is 0.416 e. The van der Waals surface area contributed by atoms with E-state index in [9.17, 15) is 18.0 Å². The van der Waals surface area contributed by atoms with Gasteiger partial charge in [-0.1, -0.05) is 12.1 Å². The number of allylic oxidation sites excluding steroid dienone is 1. The van der Waals surface area contributed by atoms with Crippen LogP contribution in [0.5, 0.6) is 5.75 Å². The van der Waals surface area contributed by atoms with Crippen molar-refractivity contribution in [2.45, 2.75) is 12.7 Å². The maximum absolute atomic E-state index is 14.0. The van der Waals surface area contributed by atoms with Crippen molar-refractivity contribution in [3.8, 4) is 5.75 Å². The van der Waals surface area contributed by atoms with E-state index in [1.54, 1.807) is 43.7 Å². The third kappa shape index (κ3) is 8.02. The Morgan fingerprint density at radius 1 is 1.02 bits per heavy atom. The second kappa shape index (κ2) is 13.9. The van der Waals surface area contributed by atoms with Crippen LogP contribution in [0.15, 0.2) is 101 Å². The number of aliphatic imine (C=N–C) groups is 2. The number of anilines is 1. The number of amides is 1. The first kappa shape index (κ1) is 31.6. The van der Waals surface area contributed by atoms with Crippen molar-refractivity contribution in [1.82, 2.24) is 19.7 Å². The molecule has 12 heteroatoms. The van der Waals surface area contributed by atoms with Crippen LogP contribution >= 0.6 is 0 Å². The smallest absolute Gasteiger partial charge is 0.416 e. The number of hydrogen-bond donors (Lipinski definition) is 1. The molecular weight excluding hydrogens is 583 g/mol. The number of hydrogen-bond acceptors (Lipinski definition) is 7. The number of aromatic nitrogens is 1. The van der Waals surface area contributed by atoms with Crippen molar-refractivity contribution in [3.05, 3.63) is 113 Å². The number of likely N-dealkylation sites (N-methyl/N-ethyl adjacent to an activating group) is 1. The standard InChI is InChI=1S/C33H34F3N7O2/c1-37-31(23-9-12-38-13-10-23)40-29-11-14-42(3)30(29)22-45-27-6-4-5-26(20-27)39-32(44)24-7-8-25(28(19-24)33(34,35)36)21-43-17-15-41(2)16-18-43/h4-14,19-20,22H,15-18,21H2,1-3H3,(H,39,44)/b30-22-,37-31-,40-29-. The lowest BCUT2D eigenvalue weighted by atomic mass is 10.0. The number of carbonyl (C=O) groups excluding carboxylic acids is 1. The van der Waals surface area contributed by atoms with Crippen LogP contribution in [0.1, 0.15) is 27.0 Å². The molecule has 2 aromatic carbocycles. The quantitative estimate of drug-likeness (QED) is 0.220. The molecule has 0 saturated carbocycles. The normalized spacial score (nSPS) is 18.2. The molecule has 234 valence electrons. The fourth-order valence-corrected chi connectivity index (χ4v) is 4.97. The summed E-state index contributed by atoms with van der Waals surface area (Å²) < 4.78 is 48.0. The zero-order chi connectivity index (χ0) is 32.0. The van der Waals surface area contributed by atoms with E-state index in [-0.39, 0.29) is 17.7 Å². The Morgan fingerprint density at radius 3 is 2.49 bits per heavy atom. The van der Waals surface area contributed by atoms with Gasteiger partial charge >= 0.3 is 6.18 Å². The number of piperazine rings is 1. The highest BCUT2D eigenvalue weighted by atomic mass is 19.4. The third-order valence-electron chi connectivity index (χ3n) is 7.54. The predicted octanol–water partition coefficient (Wildman–Crippen LogP) is 5.30. The van der Waals surface area contributed by atoms with E-state index in [0.717, 1.165) is 24.7 Å². The largest absolute Gasteiger partial charge is 0.463 e. The molecule has 3 heterocycles. The van der Waals surface area contributed by atoms with Gasteiger partial charge in [-0.05, 0) is 55.1 Å². The molecule has 1 amide bonds. The number of alkyl halides is 3. The van der Waals surface area contributed by atoms with Crippen molar-refractivity contribution in [3.63, 3.8) is 0 Å². The predicted molar refractivity (Wildman–Crippen MR) is 168 cm³/mol. The van der Waals surface area contributed by atoms with Gasteiger partial charge in [0.2, 0.25) is 0 Å². The highest BCUT2D eigenvalue weighted by molar-refractivity contribution is 6.17. The molecule has 0 atom stereocenters. The Hall–Kier alpha value is -4.81. The number of ether oxygens (including phenoxy) is 1. The summed E-state index contributed by atoms with van der Waals surface area (Å²) in [7, 11) is 5.51. The Bertz CT molecular complexity index is 1640. The van der Waals surface area contributed by atoms with Gasteiger partial charge in [-0.2, -0.15) is 13.2 Å². The van der Waals surface area contributed by atoms with Gasteiger partial charge in [0.15, 0.2) is 5.84 Å². The summed E-state index contributed by atoms with van der Waals surface area (Å²) >= 11 is 0. The summed E-state index contributed by atoms with van der Waals surface area (Å²) in [5.41, 5.74) is 1.77. The van der Waals surface area contributed by atoms with E-state index in [1.807, 2.05) is 48.3 Å². The third-order valence-corrected chi connectivity index (χ3v) is 7.54. The second-order valence-corrected chi connectivity index (χ2v) is 10.8. The molecule has 45 heavy (non-hydrogen) atoms. The summed E-state index contributed by atoms with van der Waals surface area (Å²) in [6, 6.07) is 14.0. The van der Waals surface area contributed by atoms with E-state index < -0.39 is 17.6 Å². The lowest BCUT2D eigenvalue weighted by Crippen LogP contribution is -2.44. The molecule has 0 radical (unpaired) electrons. The summed E-state index contributed by atoms with van der Waals surface area (Å²) in [6.07, 6.45) is 3.96. The highest BCUT2D eigenvalue weighted by Gasteiger charge is 2.34. The van der Waals surface area contributed by atoms with Crippen molar-refractivity contribution < 1.29 is 22.7 Å². The lowest BCUT2D eigenvalue weighted by molar-refractivity contribution is -0.138. The minimum Gasteiger partial charge on any atom is -0.463 e. The van der Waals surface area contributed by atoms with Crippen molar-refractivity contribution in [2.75, 3.05) is 52.6 Å². The summed E-state index contributed by atoms with van der Waals surface area (Å²) in [6.45, 7) is 3.14. The van der Waals surface area contributed by atoms with E-state index in [2.05, 4.69) is 25.2 Å². The Morgan fingerprint density at radius 2 is 1.78 bits per heavy atom. The van der Waals surface area contributed by atoms with Gasteiger partial charge in [0.1, 0.15) is 17.7 Å². The first-order valence-electron chi connectivity index (χ1n) is 14.4. The number of pyridine rings is 1. The molecule has 2 aliphatic rings. The Kier molecular flexibility index (Phi) is 9.74. The molecule has 1 aromatic heterocycles. The number of rotatable bonds is 7. The van der Waals surface area contributed by atoms with Gasteiger partial charge in [-0.15, -0.1) is 0 Å². The van der Waals surface area contributed by atoms with E-state index in [1.165, 1.54) is 18.4 Å². The maximum atomic E-state index is 14.0. The number of amidine groups is 1. The fraction of sp³-hybridized carbons (Fsp3) is 0.273. The molecule has 0 bridgehead atoms. The van der Waals surface area contributed by atoms with E-state index in [0.29, 0.717) is 41.8 Å². The van der Waals surface area contributed by atoms with Crippen molar-refractivity contribution in [1.29, 1.82) is 0 Å². The van der Waals surface area contributed by atoms with Gasteiger partial charge in [-0.25, -0.2) is 4.99 Å². The fourth-order valence-electron chi connectivity index (χ4n) is 4.97. The minimum absolute atomic E-state index is 0.0833. The Balaban J connectivity index is 1.29. The Labute approximate surface area is 260 Å². The number of nitrogens with zero attached hydrogens (tertiary/aromatic N) is 6. The molecule has 1 N–H and O–H groups in total. The van der Waals surface area contributed by atoms with Crippen LogP contribution in [0.25, 0.3) is 0 Å². The molecule has 2 aliphatic heterocycles. The molecule has 1 saturated heterocycles. The monoisotopic (exact) mass is 617 g/mol. The molecular formula is C33H34F3N7O2. The first-order valence-corrected chi connectivity index (χ1v) is 14.4. The molecule has 0 unspecified atom stereocenters. The number of halogens is 3. The van der Waals surface area contributed by atoms with Crippen molar-refractivity contribution in [2.24, 2.45) is 9.98 Å². The van der Waals surface area contributed by atoms with Crippen molar-refractivity contribution >= 4 is 23.1 Å². The van der Waals surface area contributed by atoms with E-state index in [4.69, 9.17) is 4.74 Å². The number of benzene rings is 2. The van der Waals surface area contributed by atoms with Crippen LogP contribution in [-0.2, 0) is 12.7 Å². The van der Waals surface area contributed by atoms with Crippen LogP contribution in [0, 0.1) is 0 Å². The molecule has 5 rings (SSSR count). The molecule has 3 aromatic rings. The molecule has 0 aliphatic carbocycles. The summed E-state index contributed by atoms with van der Waals surface area (Å²) in [4.78, 5) is 32.0. The van der Waals surface area contributed by atoms with Crippen LogP contribution in [0.4, 0.5) is 18.9 Å². The lowest BCUT2D eigenvalue weighted by Gasteiger charge is -2.33. The molecule has 1 fully saturated rings. The van der Waals surface area contributed by atoms with Gasteiger partial charge in [0.25, 0.3) is 5.91 Å². The van der Waals surface area contributed by atoms with Gasteiger partial charge in [-0.3, -0.25) is 19.7 Å². The average Bonchev–Trinajstić information content (AvgIpc) is 3.38. The average molecular weight is 618 g/mol. The van der Waals surface area contributed by atoms with E-state index >= 15 is 0 Å². The highest BCUT2D eigenvalue weighted by Crippen LogP contribution is 2.34.